The van der Waals surface area contributed by atoms with Gasteiger partial charge in [-0.05, 0) is 63.3 Å². The molecule has 1 aromatic carbocycles. The first-order valence-electron chi connectivity index (χ1n) is 14.4. The highest BCUT2D eigenvalue weighted by molar-refractivity contribution is 6.04. The second-order valence-electron chi connectivity index (χ2n) is 11.3. The molecule has 220 valence electrons. The van der Waals surface area contributed by atoms with E-state index in [1.165, 1.54) is 18.8 Å². The Morgan fingerprint density at radius 1 is 1.09 bits per heavy atom. The molecule has 3 heterocycles. The minimum absolute atomic E-state index is 0.103. The predicted octanol–water partition coefficient (Wildman–Crippen LogP) is 5.84. The highest BCUT2D eigenvalue weighted by Gasteiger charge is 2.48. The molecule has 0 spiro atoms. The molecule has 3 aromatic rings. The van der Waals surface area contributed by atoms with E-state index < -0.39 is 23.2 Å². The van der Waals surface area contributed by atoms with E-state index >= 15 is 4.39 Å². The molecule has 2 aliphatic carbocycles. The number of nitrogens with one attached hydrogen (secondary N) is 2. The van der Waals surface area contributed by atoms with Crippen LogP contribution in [0.25, 0.3) is 23.3 Å². The van der Waals surface area contributed by atoms with E-state index in [1.807, 2.05) is 68.5 Å². The van der Waals surface area contributed by atoms with Crippen LogP contribution in [0, 0.1) is 12.8 Å². The minimum atomic E-state index is -0.514. The fourth-order valence-corrected chi connectivity index (χ4v) is 5.98. The van der Waals surface area contributed by atoms with E-state index in [0.717, 1.165) is 35.2 Å². The molecule has 1 atom stereocenters. The van der Waals surface area contributed by atoms with Gasteiger partial charge < -0.3 is 15.4 Å². The molecule has 8 nitrogen and oxygen atoms in total. The van der Waals surface area contributed by atoms with Gasteiger partial charge in [0.1, 0.15) is 23.0 Å². The van der Waals surface area contributed by atoms with Crippen LogP contribution in [0.1, 0.15) is 59.9 Å². The van der Waals surface area contributed by atoms with E-state index in [4.69, 9.17) is 4.74 Å². The van der Waals surface area contributed by atoms with Crippen molar-refractivity contribution < 1.29 is 18.7 Å². The number of amides is 2. The number of aromatic nitrogens is 3. The van der Waals surface area contributed by atoms with Crippen LogP contribution in [0.3, 0.4) is 0 Å². The number of halogens is 1. The van der Waals surface area contributed by atoms with Crippen LogP contribution in [0.5, 0.6) is 0 Å². The lowest BCUT2D eigenvalue weighted by Crippen LogP contribution is -2.38. The van der Waals surface area contributed by atoms with Crippen molar-refractivity contribution in [1.82, 2.24) is 25.4 Å². The quantitative estimate of drug-likeness (QED) is 0.367. The average Bonchev–Trinajstić information content (AvgIpc) is 3.74. The highest BCUT2D eigenvalue weighted by Crippen LogP contribution is 2.46. The van der Waals surface area contributed by atoms with E-state index in [2.05, 4.69) is 20.7 Å². The lowest BCUT2D eigenvalue weighted by atomic mass is 9.79. The third-order valence-corrected chi connectivity index (χ3v) is 8.55. The maximum absolute atomic E-state index is 16.8. The first-order valence-corrected chi connectivity index (χ1v) is 14.4. The maximum Gasteiger partial charge on any atom is 0.255 e. The smallest absolute Gasteiger partial charge is 0.255 e. The van der Waals surface area contributed by atoms with Gasteiger partial charge in [0, 0.05) is 30.9 Å². The number of allylic oxidation sites excluding steroid dienone is 4. The number of rotatable bonds is 7. The Bertz CT molecular complexity index is 1730. The van der Waals surface area contributed by atoms with Gasteiger partial charge in [-0.2, -0.15) is 5.10 Å². The number of ether oxygens (including phenoxy) is 1. The minimum Gasteiger partial charge on any atom is -0.496 e. The zero-order valence-electron chi connectivity index (χ0n) is 24.7. The van der Waals surface area contributed by atoms with Gasteiger partial charge in [-0.3, -0.25) is 14.6 Å². The van der Waals surface area contributed by atoms with E-state index in [9.17, 15) is 9.59 Å². The van der Waals surface area contributed by atoms with Gasteiger partial charge >= 0.3 is 0 Å². The van der Waals surface area contributed by atoms with Crippen molar-refractivity contribution in [2.45, 2.75) is 45.1 Å². The largest absolute Gasteiger partial charge is 0.496 e. The third-order valence-electron chi connectivity index (χ3n) is 8.55. The second kappa shape index (κ2) is 11.1. The number of fused-ring (bicyclic) bond motifs is 1. The van der Waals surface area contributed by atoms with Crippen LogP contribution in [0.4, 0.5) is 4.39 Å². The Labute approximate surface area is 250 Å². The van der Waals surface area contributed by atoms with Crippen LogP contribution in [0.2, 0.25) is 0 Å². The predicted molar refractivity (Wildman–Crippen MR) is 163 cm³/mol. The maximum atomic E-state index is 16.8. The third kappa shape index (κ3) is 5.09. The molecule has 1 saturated carbocycles. The lowest BCUT2D eigenvalue weighted by Gasteiger charge is -2.28. The monoisotopic (exact) mass is 579 g/mol. The van der Waals surface area contributed by atoms with Crippen molar-refractivity contribution in [3.8, 4) is 11.3 Å². The number of hydrogen-bond acceptors (Lipinski definition) is 5. The summed E-state index contributed by atoms with van der Waals surface area (Å²) in [4.78, 5) is 31.4. The molecular formula is C34H34FN5O3. The summed E-state index contributed by atoms with van der Waals surface area (Å²) in [5, 5.41) is 10.5. The molecule has 3 aliphatic rings. The first kappa shape index (κ1) is 28.3. The van der Waals surface area contributed by atoms with Crippen molar-refractivity contribution in [3.63, 3.8) is 0 Å². The summed E-state index contributed by atoms with van der Waals surface area (Å²) in [6.45, 7) is 3.89. The number of carbonyl (C=O) groups excluding carboxylic acids is 2. The number of carbonyl (C=O) groups is 2. The number of hydrogen-bond donors (Lipinski definition) is 2. The molecule has 1 unspecified atom stereocenters. The van der Waals surface area contributed by atoms with Gasteiger partial charge in [0.2, 0.25) is 0 Å². The van der Waals surface area contributed by atoms with E-state index in [1.54, 1.807) is 12.4 Å². The van der Waals surface area contributed by atoms with Crippen molar-refractivity contribution in [2.24, 2.45) is 5.92 Å². The van der Waals surface area contributed by atoms with E-state index in [-0.39, 0.29) is 23.6 Å². The fourth-order valence-electron chi connectivity index (χ4n) is 5.98. The molecule has 2 N–H and O–H groups in total. The number of aryl methyl sites for hydroxylation is 1. The molecule has 0 bridgehead atoms. The van der Waals surface area contributed by atoms with Crippen LogP contribution >= 0.6 is 0 Å². The Kier molecular flexibility index (Phi) is 7.33. The van der Waals surface area contributed by atoms with E-state index in [0.29, 0.717) is 29.0 Å². The molecule has 0 saturated heterocycles. The number of pyridine rings is 1. The van der Waals surface area contributed by atoms with Crippen LogP contribution in [-0.2, 0) is 15.1 Å². The first-order chi connectivity index (χ1) is 20.8. The Morgan fingerprint density at radius 2 is 1.86 bits per heavy atom. The molecule has 1 aliphatic heterocycles. The van der Waals surface area contributed by atoms with Crippen molar-refractivity contribution >= 4 is 23.8 Å². The summed E-state index contributed by atoms with van der Waals surface area (Å²) < 4.78 is 23.9. The molecule has 43 heavy (non-hydrogen) atoms. The zero-order valence-corrected chi connectivity index (χ0v) is 24.7. The summed E-state index contributed by atoms with van der Waals surface area (Å²) in [5.74, 6) is -1.15. The summed E-state index contributed by atoms with van der Waals surface area (Å²) in [5.41, 5.74) is 4.57. The number of benzene rings is 1. The molecule has 0 radical (unpaired) electrons. The topological polar surface area (TPSA) is 98.1 Å². The van der Waals surface area contributed by atoms with Gasteiger partial charge in [-0.25, -0.2) is 9.07 Å². The lowest BCUT2D eigenvalue weighted by molar-refractivity contribution is -0.119. The normalized spacial score (nSPS) is 18.9. The molecule has 2 aromatic heterocycles. The summed E-state index contributed by atoms with van der Waals surface area (Å²) in [6, 6.07) is 13.3. The summed E-state index contributed by atoms with van der Waals surface area (Å²) in [7, 11) is 3.06. The second-order valence-corrected chi connectivity index (χ2v) is 11.3. The standard InChI is InChI=1S/C34H34FN5O3/c1-20-10-12-22(13-11-20)30-28(33(42)36-3)31-29(35)23(8-7-17-40(31)39-30)24-19-25(26(43-4)18-21(24)2)32(41)38-34(14-15-34)27-9-5-6-16-37-27/h5-7,9-13,16-18,24H,8,14-15,19H2,1-4H3,(H,36,42)(H,38,41). The Morgan fingerprint density at radius 3 is 2.51 bits per heavy atom. The zero-order chi connectivity index (χ0) is 30.3. The SMILES string of the molecule is CNC(=O)c1c(-c2ccc(C)cc2)nn2c1C(F)=C(C1CC(C(=O)NC3(c4ccccn4)CC3)=C(OC)C=C1C)CC=C2. The number of methoxy groups -OCH3 is 1. The molecule has 6 rings (SSSR count). The van der Waals surface area contributed by atoms with Crippen molar-refractivity contribution in [1.29, 1.82) is 0 Å². The van der Waals surface area contributed by atoms with Gasteiger partial charge in [-0.15, -0.1) is 0 Å². The van der Waals surface area contributed by atoms with Gasteiger partial charge in [0.25, 0.3) is 11.8 Å². The Hall–Kier alpha value is -4.79. The van der Waals surface area contributed by atoms with Crippen LogP contribution in [-0.4, -0.2) is 40.7 Å². The molecular weight excluding hydrogens is 545 g/mol. The summed E-state index contributed by atoms with van der Waals surface area (Å²) >= 11 is 0. The molecule has 2 amide bonds. The average molecular weight is 580 g/mol. The van der Waals surface area contributed by atoms with Crippen LogP contribution < -0.4 is 10.6 Å². The van der Waals surface area contributed by atoms with Gasteiger partial charge in [0.05, 0.1) is 29.5 Å². The Balaban J connectivity index is 1.39. The van der Waals surface area contributed by atoms with Crippen molar-refractivity contribution in [2.75, 3.05) is 14.2 Å². The van der Waals surface area contributed by atoms with Gasteiger partial charge in [-0.1, -0.05) is 47.5 Å². The van der Waals surface area contributed by atoms with Crippen LogP contribution in [0.15, 0.2) is 83.3 Å². The van der Waals surface area contributed by atoms with Crippen molar-refractivity contribution in [3.05, 3.63) is 106 Å². The molecule has 1 fully saturated rings. The fraction of sp³-hybridized carbons (Fsp3) is 0.294. The summed E-state index contributed by atoms with van der Waals surface area (Å²) in [6.07, 6.45) is 9.21. The number of nitrogens with zero attached hydrogens (tertiary/aromatic N) is 3. The van der Waals surface area contributed by atoms with Gasteiger partial charge in [0.15, 0.2) is 0 Å². The molecule has 9 heteroatoms. The highest BCUT2D eigenvalue weighted by atomic mass is 19.1.